The lowest BCUT2D eigenvalue weighted by Gasteiger charge is -2.06. The van der Waals surface area contributed by atoms with Crippen LogP contribution in [0, 0.1) is 0 Å². The van der Waals surface area contributed by atoms with Crippen LogP contribution >= 0.6 is 0 Å². The molecule has 0 aliphatic carbocycles. The average molecular weight is 289 g/mol. The summed E-state index contributed by atoms with van der Waals surface area (Å²) in [6.45, 7) is 2.23. The van der Waals surface area contributed by atoms with Gasteiger partial charge >= 0.3 is 5.97 Å². The summed E-state index contributed by atoms with van der Waals surface area (Å²) in [6.07, 6.45) is 12.4. The van der Waals surface area contributed by atoms with Gasteiger partial charge in [0.1, 0.15) is 6.04 Å². The van der Waals surface area contributed by atoms with E-state index in [0.29, 0.717) is 6.42 Å². The first-order valence-corrected chi connectivity index (χ1v) is 7.87. The summed E-state index contributed by atoms with van der Waals surface area (Å²) >= 11 is 0. The molecule has 0 heterocycles. The smallest absolute Gasteiger partial charge is 0.320 e. The molecular formula is C18H27NO2. The number of allylic oxidation sites excluding steroid dienone is 1. The van der Waals surface area contributed by atoms with Crippen LogP contribution in [0.25, 0.3) is 6.08 Å². The highest BCUT2D eigenvalue weighted by Crippen LogP contribution is 2.10. The fourth-order valence-electron chi connectivity index (χ4n) is 2.19. The van der Waals surface area contributed by atoms with E-state index in [0.717, 1.165) is 17.5 Å². The molecule has 1 aromatic rings. The molecule has 0 aliphatic heterocycles. The van der Waals surface area contributed by atoms with Crippen LogP contribution in [-0.4, -0.2) is 17.1 Å². The van der Waals surface area contributed by atoms with Crippen LogP contribution in [0.3, 0.4) is 0 Å². The second-order valence-corrected chi connectivity index (χ2v) is 5.50. The van der Waals surface area contributed by atoms with E-state index in [1.165, 1.54) is 32.1 Å². The number of aliphatic carboxylic acids is 1. The van der Waals surface area contributed by atoms with Gasteiger partial charge in [-0.2, -0.15) is 0 Å². The van der Waals surface area contributed by atoms with Crippen molar-refractivity contribution in [1.29, 1.82) is 0 Å². The molecule has 3 N–H and O–H groups in total. The lowest BCUT2D eigenvalue weighted by molar-refractivity contribution is -0.138. The molecular weight excluding hydrogens is 262 g/mol. The van der Waals surface area contributed by atoms with Crippen molar-refractivity contribution in [3.8, 4) is 0 Å². The number of carbonyl (C=O) groups is 1. The van der Waals surface area contributed by atoms with Gasteiger partial charge < -0.3 is 10.8 Å². The third-order valence-electron chi connectivity index (χ3n) is 3.54. The van der Waals surface area contributed by atoms with Crippen LogP contribution < -0.4 is 5.73 Å². The van der Waals surface area contributed by atoms with Crippen molar-refractivity contribution in [3.05, 3.63) is 41.5 Å². The van der Waals surface area contributed by atoms with E-state index in [4.69, 9.17) is 10.8 Å². The van der Waals surface area contributed by atoms with Gasteiger partial charge in [0.2, 0.25) is 0 Å². The zero-order chi connectivity index (χ0) is 15.5. The van der Waals surface area contributed by atoms with Gasteiger partial charge in [-0.05, 0) is 30.4 Å². The van der Waals surface area contributed by atoms with Crippen LogP contribution in [0.4, 0.5) is 0 Å². The summed E-state index contributed by atoms with van der Waals surface area (Å²) in [7, 11) is 0. The standard InChI is InChI=1S/C18H27NO2/c1-2-3-4-5-6-7-8-9-15-10-12-16(13-11-15)14-17(19)18(20)21/h8-13,17H,2-7,14,19H2,1H3,(H,20,21)/b9-8+/t17-/m0/s1. The molecule has 1 rings (SSSR count). The van der Waals surface area contributed by atoms with Crippen LogP contribution in [0.2, 0.25) is 0 Å². The Morgan fingerprint density at radius 3 is 2.48 bits per heavy atom. The van der Waals surface area contributed by atoms with Crippen LogP contribution in [0.1, 0.15) is 56.6 Å². The normalized spacial score (nSPS) is 12.7. The van der Waals surface area contributed by atoms with Crippen LogP contribution in [-0.2, 0) is 11.2 Å². The Bertz CT molecular complexity index is 437. The van der Waals surface area contributed by atoms with E-state index in [9.17, 15) is 4.79 Å². The molecule has 0 radical (unpaired) electrons. The first kappa shape index (κ1) is 17.4. The van der Waals surface area contributed by atoms with Gasteiger partial charge in [0, 0.05) is 0 Å². The van der Waals surface area contributed by atoms with Gasteiger partial charge in [-0.3, -0.25) is 4.79 Å². The van der Waals surface area contributed by atoms with Crippen molar-refractivity contribution < 1.29 is 9.90 Å². The molecule has 1 aromatic carbocycles. The molecule has 0 bridgehead atoms. The summed E-state index contributed by atoms with van der Waals surface area (Å²) in [5, 5.41) is 8.78. The quantitative estimate of drug-likeness (QED) is 0.640. The van der Waals surface area contributed by atoms with Crippen molar-refractivity contribution in [2.24, 2.45) is 5.73 Å². The van der Waals surface area contributed by atoms with Crippen molar-refractivity contribution in [2.75, 3.05) is 0 Å². The Morgan fingerprint density at radius 1 is 1.19 bits per heavy atom. The zero-order valence-corrected chi connectivity index (χ0v) is 12.9. The number of hydrogen-bond donors (Lipinski definition) is 2. The minimum Gasteiger partial charge on any atom is -0.480 e. The van der Waals surface area contributed by atoms with Crippen molar-refractivity contribution in [1.82, 2.24) is 0 Å². The molecule has 116 valence electrons. The third-order valence-corrected chi connectivity index (χ3v) is 3.54. The predicted molar refractivity (Wildman–Crippen MR) is 88.2 cm³/mol. The molecule has 3 heteroatoms. The van der Waals surface area contributed by atoms with E-state index >= 15 is 0 Å². The maximum atomic E-state index is 10.7. The molecule has 0 saturated carbocycles. The maximum absolute atomic E-state index is 10.7. The topological polar surface area (TPSA) is 63.3 Å². The second-order valence-electron chi connectivity index (χ2n) is 5.50. The maximum Gasteiger partial charge on any atom is 0.320 e. The van der Waals surface area contributed by atoms with Crippen molar-refractivity contribution in [2.45, 2.75) is 57.9 Å². The molecule has 0 aromatic heterocycles. The molecule has 0 spiro atoms. The number of carboxylic acids is 1. The SMILES string of the molecule is CCCCCCC/C=C/c1ccc(C[C@H](N)C(=O)O)cc1. The van der Waals surface area contributed by atoms with E-state index in [-0.39, 0.29) is 0 Å². The number of unbranched alkanes of at least 4 members (excludes halogenated alkanes) is 5. The summed E-state index contributed by atoms with van der Waals surface area (Å²) in [6, 6.07) is 7.09. The van der Waals surface area contributed by atoms with E-state index in [1.807, 2.05) is 24.3 Å². The summed E-state index contributed by atoms with van der Waals surface area (Å²) in [5.41, 5.74) is 7.63. The number of benzene rings is 1. The van der Waals surface area contributed by atoms with Crippen molar-refractivity contribution >= 4 is 12.0 Å². The van der Waals surface area contributed by atoms with E-state index in [1.54, 1.807) is 0 Å². The van der Waals surface area contributed by atoms with Crippen LogP contribution in [0.15, 0.2) is 30.3 Å². The Labute approximate surface area is 127 Å². The number of hydrogen-bond acceptors (Lipinski definition) is 2. The Hall–Kier alpha value is -1.61. The molecule has 0 unspecified atom stereocenters. The van der Waals surface area contributed by atoms with Gasteiger partial charge in [-0.25, -0.2) is 0 Å². The van der Waals surface area contributed by atoms with E-state index in [2.05, 4.69) is 19.1 Å². The largest absolute Gasteiger partial charge is 0.480 e. The predicted octanol–water partition coefficient (Wildman–Crippen LogP) is 4.01. The summed E-state index contributed by atoms with van der Waals surface area (Å²) < 4.78 is 0. The lowest BCUT2D eigenvalue weighted by Crippen LogP contribution is -2.32. The van der Waals surface area contributed by atoms with Crippen molar-refractivity contribution in [3.63, 3.8) is 0 Å². The lowest BCUT2D eigenvalue weighted by atomic mass is 10.0. The molecule has 0 amide bonds. The molecule has 1 atom stereocenters. The Morgan fingerprint density at radius 2 is 1.86 bits per heavy atom. The Balaban J connectivity index is 2.32. The Kier molecular flexibility index (Phi) is 8.44. The molecule has 3 nitrogen and oxygen atoms in total. The number of nitrogens with two attached hydrogens (primary N) is 1. The monoisotopic (exact) mass is 289 g/mol. The fourth-order valence-corrected chi connectivity index (χ4v) is 2.19. The molecule has 0 saturated heterocycles. The van der Waals surface area contributed by atoms with Gasteiger partial charge in [-0.1, -0.05) is 69.0 Å². The highest BCUT2D eigenvalue weighted by Gasteiger charge is 2.11. The second kappa shape index (κ2) is 10.2. The summed E-state index contributed by atoms with van der Waals surface area (Å²) in [5.74, 6) is -0.956. The van der Waals surface area contributed by atoms with Crippen LogP contribution in [0.5, 0.6) is 0 Å². The van der Waals surface area contributed by atoms with E-state index < -0.39 is 12.0 Å². The van der Waals surface area contributed by atoms with Gasteiger partial charge in [-0.15, -0.1) is 0 Å². The molecule has 0 aliphatic rings. The number of rotatable bonds is 10. The zero-order valence-electron chi connectivity index (χ0n) is 12.9. The average Bonchev–Trinajstić information content (AvgIpc) is 2.48. The van der Waals surface area contributed by atoms with Gasteiger partial charge in [0.05, 0.1) is 0 Å². The fraction of sp³-hybridized carbons (Fsp3) is 0.500. The molecule has 21 heavy (non-hydrogen) atoms. The highest BCUT2D eigenvalue weighted by atomic mass is 16.4. The molecule has 0 fully saturated rings. The van der Waals surface area contributed by atoms with Gasteiger partial charge in [0.25, 0.3) is 0 Å². The third kappa shape index (κ3) is 7.66. The minimum absolute atomic E-state index is 0.372. The highest BCUT2D eigenvalue weighted by molar-refractivity contribution is 5.73. The first-order chi connectivity index (χ1) is 10.1. The minimum atomic E-state index is -0.956. The number of carboxylic acid groups (broad SMARTS) is 1. The first-order valence-electron chi connectivity index (χ1n) is 7.87. The van der Waals surface area contributed by atoms with Gasteiger partial charge in [0.15, 0.2) is 0 Å². The summed E-state index contributed by atoms with van der Waals surface area (Å²) in [4.78, 5) is 10.7.